The number of nitrogens with zero attached hydrogens (tertiary/aromatic N) is 2. The van der Waals surface area contributed by atoms with Crippen LogP contribution in [0.5, 0.6) is 0 Å². The molecular weight excluding hydrogens is 749 g/mol. The summed E-state index contributed by atoms with van der Waals surface area (Å²) < 4.78 is 21.7. The van der Waals surface area contributed by atoms with Crippen LogP contribution in [0.25, 0.3) is 66.3 Å². The fraction of sp³-hybridized carbons (Fsp3) is 0.0455. The van der Waals surface area contributed by atoms with E-state index in [1.165, 1.54) is 55.6 Å². The van der Waals surface area contributed by atoms with E-state index < -0.39 is 6.85 Å². The zero-order valence-corrected chi connectivity index (χ0v) is 28.1. The molecule has 8 aromatic rings. The molecule has 0 aliphatic heterocycles. The van der Waals surface area contributed by atoms with Crippen molar-refractivity contribution < 1.29 is 24.2 Å². The molecule has 0 bridgehead atoms. The van der Waals surface area contributed by atoms with Gasteiger partial charge in [0.25, 0.3) is 0 Å². The Labute approximate surface area is 294 Å². The molecule has 0 N–H and O–H groups in total. The molecule has 229 valence electrons. The number of rotatable bonds is 4. The molecule has 3 heteroatoms. The summed E-state index contributed by atoms with van der Waals surface area (Å²) >= 11 is 0. The van der Waals surface area contributed by atoms with E-state index in [-0.39, 0.29) is 25.7 Å². The molecule has 1 radical (unpaired) electrons. The molecule has 2 heterocycles. The summed E-state index contributed by atoms with van der Waals surface area (Å²) in [6.45, 7) is 0.0202. The number of aromatic nitrogens is 2. The second-order valence-corrected chi connectivity index (χ2v) is 11.1. The Hall–Kier alpha value is -5.21. The van der Waals surface area contributed by atoms with Gasteiger partial charge in [0.2, 0.25) is 0 Å². The molecule has 0 aliphatic carbocycles. The molecular formula is C44H32IrN2-2. The van der Waals surface area contributed by atoms with E-state index in [9.17, 15) is 0 Å². The summed E-state index contributed by atoms with van der Waals surface area (Å²) in [5.41, 5.74) is 9.77. The summed E-state index contributed by atoms with van der Waals surface area (Å²) in [6, 6.07) is 55.8. The summed E-state index contributed by atoms with van der Waals surface area (Å²) in [5.74, 6) is 0. The van der Waals surface area contributed by atoms with Gasteiger partial charge in [0.05, 0.1) is 0 Å². The third-order valence-electron chi connectivity index (χ3n) is 8.09. The van der Waals surface area contributed by atoms with Crippen LogP contribution in [0.4, 0.5) is 0 Å². The molecule has 0 unspecified atom stereocenters. The predicted octanol–water partition coefficient (Wildman–Crippen LogP) is 11.4. The Kier molecular flexibility index (Phi) is 8.64. The number of aryl methyl sites for hydroxylation is 2. The third-order valence-corrected chi connectivity index (χ3v) is 8.09. The first-order valence-corrected chi connectivity index (χ1v) is 15.2. The van der Waals surface area contributed by atoms with Gasteiger partial charge < -0.3 is 9.97 Å². The van der Waals surface area contributed by atoms with E-state index in [0.29, 0.717) is 0 Å². The van der Waals surface area contributed by atoms with E-state index in [0.717, 1.165) is 22.5 Å². The number of benzene rings is 6. The molecule has 0 aliphatic rings. The SMILES string of the molecule is Cc1cnc(-c2[c-]ccc(-c3cc4ccccc4c4ccccc34)c2)cc1-c1ccccc1.[2H]C([2H])([2H])c1ccc(-c2[c-]cccc2)nc1.[Ir]. The zero-order chi connectivity index (χ0) is 33.8. The Morgan fingerprint density at radius 3 is 2.02 bits per heavy atom. The van der Waals surface area contributed by atoms with Crippen molar-refractivity contribution in [3.63, 3.8) is 0 Å². The second-order valence-electron chi connectivity index (χ2n) is 11.1. The average Bonchev–Trinajstić information content (AvgIpc) is 3.15. The zero-order valence-electron chi connectivity index (χ0n) is 28.7. The summed E-state index contributed by atoms with van der Waals surface area (Å²) in [4.78, 5) is 8.87. The average molecular weight is 784 g/mol. The van der Waals surface area contributed by atoms with Crippen LogP contribution in [-0.2, 0) is 20.1 Å². The van der Waals surface area contributed by atoms with Crippen LogP contribution in [0, 0.1) is 25.9 Å². The summed E-state index contributed by atoms with van der Waals surface area (Å²) in [5, 5.41) is 5.07. The molecule has 47 heavy (non-hydrogen) atoms. The van der Waals surface area contributed by atoms with Gasteiger partial charge in [-0.1, -0.05) is 97.1 Å². The Bertz CT molecular complexity index is 2370. The van der Waals surface area contributed by atoms with Crippen LogP contribution < -0.4 is 0 Å². The van der Waals surface area contributed by atoms with E-state index >= 15 is 0 Å². The van der Waals surface area contributed by atoms with Gasteiger partial charge in [0.15, 0.2) is 0 Å². The van der Waals surface area contributed by atoms with Crippen molar-refractivity contribution in [3.8, 4) is 44.8 Å². The Morgan fingerprint density at radius 2 is 1.26 bits per heavy atom. The van der Waals surface area contributed by atoms with E-state index in [1.807, 2.05) is 36.5 Å². The smallest absolute Gasteiger partial charge is 0.0280 e. The summed E-state index contributed by atoms with van der Waals surface area (Å²) in [6.07, 6.45) is 3.35. The molecule has 0 saturated heterocycles. The van der Waals surface area contributed by atoms with Crippen molar-refractivity contribution in [2.24, 2.45) is 0 Å². The van der Waals surface area contributed by atoms with Gasteiger partial charge in [-0.05, 0) is 80.6 Å². The molecule has 0 fully saturated rings. The van der Waals surface area contributed by atoms with Gasteiger partial charge in [0, 0.05) is 36.6 Å². The van der Waals surface area contributed by atoms with Crippen LogP contribution in [0.15, 0.2) is 158 Å². The first kappa shape index (κ1) is 28.0. The Morgan fingerprint density at radius 1 is 0.532 bits per heavy atom. The van der Waals surface area contributed by atoms with Crippen molar-refractivity contribution >= 4 is 21.5 Å². The van der Waals surface area contributed by atoms with E-state index in [4.69, 9.17) is 9.10 Å². The topological polar surface area (TPSA) is 25.8 Å². The maximum absolute atomic E-state index is 7.23. The molecule has 6 aromatic carbocycles. The normalized spacial score (nSPS) is 11.8. The first-order chi connectivity index (χ1) is 23.8. The molecule has 0 spiro atoms. The third kappa shape index (κ3) is 6.98. The van der Waals surface area contributed by atoms with E-state index in [2.05, 4.69) is 121 Å². The minimum absolute atomic E-state index is 0. The van der Waals surface area contributed by atoms with E-state index in [1.54, 1.807) is 18.2 Å². The van der Waals surface area contributed by atoms with Gasteiger partial charge in [-0.25, -0.2) is 0 Å². The molecule has 0 atom stereocenters. The van der Waals surface area contributed by atoms with Crippen molar-refractivity contribution in [1.82, 2.24) is 9.97 Å². The molecule has 8 rings (SSSR count). The van der Waals surface area contributed by atoms with Crippen LogP contribution in [0.1, 0.15) is 15.2 Å². The van der Waals surface area contributed by atoms with Crippen molar-refractivity contribution in [3.05, 3.63) is 181 Å². The quantitative estimate of drug-likeness (QED) is 0.131. The number of hydrogen-bond acceptors (Lipinski definition) is 2. The standard InChI is InChI=1S/C32H22N.C12H10N.Ir/c1-22-21-33-32(20-30(22)23-10-3-2-4-11-23)26-14-9-13-24(18-26)31-19-25-12-5-6-15-27(25)28-16-7-8-17-29(28)31;1-10-7-8-12(13-9-10)11-5-3-2-4-6-11;/h2-13,15-21H,1H3;2-5,7-9H,1H3;/q2*-1;/i;1D3;. The van der Waals surface area contributed by atoms with Crippen molar-refractivity contribution in [2.75, 3.05) is 0 Å². The monoisotopic (exact) mass is 784 g/mol. The van der Waals surface area contributed by atoms with Crippen LogP contribution in [-0.4, -0.2) is 9.97 Å². The maximum atomic E-state index is 7.23. The van der Waals surface area contributed by atoms with Crippen molar-refractivity contribution in [1.29, 1.82) is 0 Å². The molecule has 2 nitrogen and oxygen atoms in total. The largest absolute Gasteiger partial charge is 0.304 e. The van der Waals surface area contributed by atoms with Crippen LogP contribution in [0.3, 0.4) is 0 Å². The Balaban J connectivity index is 0.000000215. The van der Waals surface area contributed by atoms with Gasteiger partial charge in [0.1, 0.15) is 0 Å². The minimum Gasteiger partial charge on any atom is -0.304 e. The van der Waals surface area contributed by atoms with Gasteiger partial charge in [-0.2, -0.15) is 0 Å². The van der Waals surface area contributed by atoms with Crippen LogP contribution >= 0.6 is 0 Å². The summed E-state index contributed by atoms with van der Waals surface area (Å²) in [7, 11) is 0. The number of fused-ring (bicyclic) bond motifs is 3. The molecule has 2 aromatic heterocycles. The predicted molar refractivity (Wildman–Crippen MR) is 192 cm³/mol. The number of pyridine rings is 2. The number of hydrogen-bond donors (Lipinski definition) is 0. The fourth-order valence-corrected chi connectivity index (χ4v) is 5.78. The maximum Gasteiger partial charge on any atom is 0.0280 e. The minimum atomic E-state index is -2.09. The second kappa shape index (κ2) is 14.5. The van der Waals surface area contributed by atoms with Gasteiger partial charge >= 0.3 is 0 Å². The van der Waals surface area contributed by atoms with Gasteiger partial charge in [-0.3, -0.25) is 0 Å². The van der Waals surface area contributed by atoms with Crippen LogP contribution in [0.2, 0.25) is 0 Å². The molecule has 0 saturated carbocycles. The molecule has 0 amide bonds. The fourth-order valence-electron chi connectivity index (χ4n) is 5.78. The first-order valence-electron chi connectivity index (χ1n) is 16.7. The van der Waals surface area contributed by atoms with Crippen molar-refractivity contribution in [2.45, 2.75) is 13.8 Å². The van der Waals surface area contributed by atoms with Gasteiger partial charge in [-0.15, -0.1) is 71.3 Å².